The predicted molar refractivity (Wildman–Crippen MR) is 64.7 cm³/mol. The highest BCUT2D eigenvalue weighted by Gasteiger charge is 2.37. The summed E-state index contributed by atoms with van der Waals surface area (Å²) in [5.74, 6) is 1.05. The normalized spacial score (nSPS) is 21.4. The molecular formula is C14H19NO. The molecule has 0 aromatic heterocycles. The number of rotatable bonds is 2. The molecule has 86 valence electrons. The van der Waals surface area contributed by atoms with Crippen molar-refractivity contribution in [3.63, 3.8) is 0 Å². The Labute approximate surface area is 96.8 Å². The number of methoxy groups -OCH3 is 1. The second kappa shape index (κ2) is 3.49. The van der Waals surface area contributed by atoms with E-state index in [4.69, 9.17) is 10.5 Å². The van der Waals surface area contributed by atoms with Crippen LogP contribution >= 0.6 is 0 Å². The molecule has 0 saturated heterocycles. The summed E-state index contributed by atoms with van der Waals surface area (Å²) in [6.07, 6.45) is 7.15. The maximum atomic E-state index is 6.45. The van der Waals surface area contributed by atoms with Crippen LogP contribution in [0, 0.1) is 0 Å². The van der Waals surface area contributed by atoms with Crippen molar-refractivity contribution in [3.05, 3.63) is 28.8 Å². The highest BCUT2D eigenvalue weighted by atomic mass is 16.5. The Morgan fingerprint density at radius 2 is 1.88 bits per heavy atom. The van der Waals surface area contributed by atoms with E-state index >= 15 is 0 Å². The van der Waals surface area contributed by atoms with Gasteiger partial charge >= 0.3 is 0 Å². The van der Waals surface area contributed by atoms with Crippen molar-refractivity contribution in [2.75, 3.05) is 7.11 Å². The molecule has 2 N–H and O–H groups in total. The molecule has 1 fully saturated rings. The summed E-state index contributed by atoms with van der Waals surface area (Å²) in [6, 6.07) is 4.30. The molecule has 16 heavy (non-hydrogen) atoms. The fraction of sp³-hybridized carbons (Fsp3) is 0.571. The zero-order valence-corrected chi connectivity index (χ0v) is 9.88. The van der Waals surface area contributed by atoms with Crippen molar-refractivity contribution in [1.29, 1.82) is 0 Å². The van der Waals surface area contributed by atoms with Gasteiger partial charge in [0.2, 0.25) is 0 Å². The molecule has 2 heteroatoms. The summed E-state index contributed by atoms with van der Waals surface area (Å²) >= 11 is 0. The third-order valence-corrected chi connectivity index (χ3v) is 4.24. The second-order valence-corrected chi connectivity index (χ2v) is 5.14. The summed E-state index contributed by atoms with van der Waals surface area (Å²) in [5.41, 5.74) is 10.7. The standard InChI is InChI=1S/C14H19NO/c1-16-13-7-6-12(14(15)8-3-9-14)10-4-2-5-11(10)13/h6-7H,2-5,8-9,15H2,1H3. The molecule has 0 heterocycles. The van der Waals surface area contributed by atoms with Crippen molar-refractivity contribution in [1.82, 2.24) is 0 Å². The minimum Gasteiger partial charge on any atom is -0.496 e. The molecule has 0 bridgehead atoms. The number of hydrogen-bond donors (Lipinski definition) is 1. The van der Waals surface area contributed by atoms with Crippen molar-refractivity contribution >= 4 is 0 Å². The second-order valence-electron chi connectivity index (χ2n) is 5.14. The van der Waals surface area contributed by atoms with Crippen LogP contribution in [0.25, 0.3) is 0 Å². The van der Waals surface area contributed by atoms with Crippen LogP contribution in [0.15, 0.2) is 12.1 Å². The van der Waals surface area contributed by atoms with Gasteiger partial charge in [-0.05, 0) is 61.3 Å². The molecule has 3 rings (SSSR count). The first kappa shape index (κ1) is 10.2. The van der Waals surface area contributed by atoms with E-state index < -0.39 is 0 Å². The van der Waals surface area contributed by atoms with E-state index in [0.29, 0.717) is 0 Å². The van der Waals surface area contributed by atoms with E-state index in [2.05, 4.69) is 12.1 Å². The van der Waals surface area contributed by atoms with Gasteiger partial charge in [0.25, 0.3) is 0 Å². The number of fused-ring (bicyclic) bond motifs is 1. The number of benzene rings is 1. The first-order valence-electron chi connectivity index (χ1n) is 6.23. The Bertz CT molecular complexity index is 421. The fourth-order valence-electron chi connectivity index (χ4n) is 3.16. The van der Waals surface area contributed by atoms with E-state index in [1.54, 1.807) is 7.11 Å². The Morgan fingerprint density at radius 3 is 2.50 bits per heavy atom. The lowest BCUT2D eigenvalue weighted by Crippen LogP contribution is -2.44. The van der Waals surface area contributed by atoms with Crippen LogP contribution in [-0.2, 0) is 18.4 Å². The molecule has 2 aliphatic carbocycles. The van der Waals surface area contributed by atoms with Gasteiger partial charge in [-0.15, -0.1) is 0 Å². The molecule has 0 atom stereocenters. The Kier molecular flexibility index (Phi) is 2.21. The van der Waals surface area contributed by atoms with Gasteiger partial charge in [0.15, 0.2) is 0 Å². The van der Waals surface area contributed by atoms with Crippen molar-refractivity contribution in [3.8, 4) is 5.75 Å². The summed E-state index contributed by atoms with van der Waals surface area (Å²) in [5, 5.41) is 0. The smallest absolute Gasteiger partial charge is 0.122 e. The lowest BCUT2D eigenvalue weighted by molar-refractivity contribution is 0.251. The van der Waals surface area contributed by atoms with Crippen molar-refractivity contribution in [2.24, 2.45) is 5.73 Å². The van der Waals surface area contributed by atoms with Gasteiger partial charge in [0.05, 0.1) is 7.11 Å². The molecule has 0 spiro atoms. The van der Waals surface area contributed by atoms with Crippen LogP contribution < -0.4 is 10.5 Å². The van der Waals surface area contributed by atoms with Gasteiger partial charge in [0, 0.05) is 5.54 Å². The molecule has 1 aromatic rings. The van der Waals surface area contributed by atoms with Gasteiger partial charge in [0.1, 0.15) is 5.75 Å². The van der Waals surface area contributed by atoms with E-state index in [-0.39, 0.29) is 5.54 Å². The zero-order chi connectivity index (χ0) is 11.2. The van der Waals surface area contributed by atoms with E-state index in [1.165, 1.54) is 36.0 Å². The lowest BCUT2D eigenvalue weighted by Gasteiger charge is -2.40. The topological polar surface area (TPSA) is 35.2 Å². The molecule has 0 radical (unpaired) electrons. The summed E-state index contributed by atoms with van der Waals surface area (Å²) < 4.78 is 5.44. The van der Waals surface area contributed by atoms with Crippen LogP contribution in [0.2, 0.25) is 0 Å². The molecule has 0 unspecified atom stereocenters. The van der Waals surface area contributed by atoms with Crippen LogP contribution in [0.5, 0.6) is 5.75 Å². The van der Waals surface area contributed by atoms with Crippen LogP contribution in [0.1, 0.15) is 42.4 Å². The average Bonchev–Trinajstić information content (AvgIpc) is 2.73. The van der Waals surface area contributed by atoms with E-state index in [9.17, 15) is 0 Å². The summed E-state index contributed by atoms with van der Waals surface area (Å²) in [6.45, 7) is 0. The predicted octanol–water partition coefficient (Wildman–Crippen LogP) is 2.52. The summed E-state index contributed by atoms with van der Waals surface area (Å²) in [7, 11) is 1.76. The Balaban J connectivity index is 2.10. The van der Waals surface area contributed by atoms with Crippen molar-refractivity contribution < 1.29 is 4.74 Å². The Hall–Kier alpha value is -1.02. The highest BCUT2D eigenvalue weighted by Crippen LogP contribution is 2.44. The van der Waals surface area contributed by atoms with Crippen molar-refractivity contribution in [2.45, 2.75) is 44.1 Å². The van der Waals surface area contributed by atoms with Gasteiger partial charge in [-0.25, -0.2) is 0 Å². The third-order valence-electron chi connectivity index (χ3n) is 4.24. The highest BCUT2D eigenvalue weighted by molar-refractivity contribution is 5.50. The molecule has 2 nitrogen and oxygen atoms in total. The number of ether oxygens (including phenoxy) is 1. The average molecular weight is 217 g/mol. The number of nitrogens with two attached hydrogens (primary N) is 1. The molecule has 1 saturated carbocycles. The maximum absolute atomic E-state index is 6.45. The van der Waals surface area contributed by atoms with E-state index in [1.807, 2.05) is 0 Å². The molecule has 0 amide bonds. The molecule has 2 aliphatic rings. The molecule has 0 aliphatic heterocycles. The van der Waals surface area contributed by atoms with Crippen LogP contribution in [0.4, 0.5) is 0 Å². The zero-order valence-electron chi connectivity index (χ0n) is 9.88. The van der Waals surface area contributed by atoms with E-state index in [0.717, 1.165) is 25.0 Å². The largest absolute Gasteiger partial charge is 0.496 e. The summed E-state index contributed by atoms with van der Waals surface area (Å²) in [4.78, 5) is 0. The first-order valence-corrected chi connectivity index (χ1v) is 6.23. The SMILES string of the molecule is COc1ccc(C2(N)CCC2)c2c1CCC2. The maximum Gasteiger partial charge on any atom is 0.122 e. The minimum atomic E-state index is -0.0271. The van der Waals surface area contributed by atoms with Gasteiger partial charge in [-0.3, -0.25) is 0 Å². The van der Waals surface area contributed by atoms with Gasteiger partial charge < -0.3 is 10.5 Å². The Morgan fingerprint density at radius 1 is 1.12 bits per heavy atom. The third kappa shape index (κ3) is 1.29. The van der Waals surface area contributed by atoms with Crippen LogP contribution in [-0.4, -0.2) is 7.11 Å². The monoisotopic (exact) mass is 217 g/mol. The fourth-order valence-corrected chi connectivity index (χ4v) is 3.16. The molecule has 1 aromatic carbocycles. The number of hydrogen-bond acceptors (Lipinski definition) is 2. The van der Waals surface area contributed by atoms with Crippen LogP contribution in [0.3, 0.4) is 0 Å². The quantitative estimate of drug-likeness (QED) is 0.826. The lowest BCUT2D eigenvalue weighted by atomic mass is 9.71. The minimum absolute atomic E-state index is 0.0271. The molecular weight excluding hydrogens is 198 g/mol. The first-order chi connectivity index (χ1) is 7.74. The van der Waals surface area contributed by atoms with Gasteiger partial charge in [-0.2, -0.15) is 0 Å². The van der Waals surface area contributed by atoms with Gasteiger partial charge in [-0.1, -0.05) is 6.07 Å².